The third-order valence-corrected chi connectivity index (χ3v) is 6.83. The molecule has 3 amide bonds. The minimum absolute atomic E-state index is 0.00567. The number of benzene rings is 3. The molecular formula is C29H23ClN4O5S. The number of halogens is 1. The zero-order chi connectivity index (χ0) is 28.4. The van der Waals surface area contributed by atoms with Crippen LogP contribution in [0.25, 0.3) is 17.0 Å². The fourth-order valence-corrected chi connectivity index (χ4v) is 4.81. The van der Waals surface area contributed by atoms with Crippen molar-refractivity contribution in [3.63, 3.8) is 0 Å². The number of hydrogen-bond donors (Lipinski definition) is 2. The van der Waals surface area contributed by atoms with E-state index in [0.29, 0.717) is 33.5 Å². The molecule has 202 valence electrons. The van der Waals surface area contributed by atoms with E-state index in [4.69, 9.17) is 33.3 Å². The first-order valence-corrected chi connectivity index (χ1v) is 12.8. The minimum atomic E-state index is -0.629. The predicted molar refractivity (Wildman–Crippen MR) is 158 cm³/mol. The summed E-state index contributed by atoms with van der Waals surface area (Å²) in [6.07, 6.45) is 3.23. The van der Waals surface area contributed by atoms with Crippen molar-refractivity contribution in [3.8, 4) is 11.5 Å². The number of ether oxygens (including phenoxy) is 2. The molecule has 1 aliphatic rings. The number of nitrogens with zero attached hydrogens (tertiary/aromatic N) is 2. The molecule has 0 bridgehead atoms. The second kappa shape index (κ2) is 11.2. The fraction of sp³-hybridized carbons (Fsp3) is 0.103. The van der Waals surface area contributed by atoms with Crippen molar-refractivity contribution < 1.29 is 23.9 Å². The van der Waals surface area contributed by atoms with Crippen LogP contribution < -0.4 is 25.0 Å². The minimum Gasteiger partial charge on any atom is -0.497 e. The standard InChI is InChI=1S/C29H23ClN4O5S/c1-38-20-11-12-24(25(14-20)39-2)34-28(37)22(27(36)32-29(34)40)13-17-15-33(23-6-4-3-5-21(17)23)16-26(35)31-19-9-7-18(30)8-10-19/h3-15H,16H2,1-2H3,(H,31,35)(H,32,36,40)/b22-13+. The maximum absolute atomic E-state index is 13.7. The molecule has 40 heavy (non-hydrogen) atoms. The van der Waals surface area contributed by atoms with Gasteiger partial charge in [-0.25, -0.2) is 4.90 Å². The number of fused-ring (bicyclic) bond motifs is 1. The van der Waals surface area contributed by atoms with Gasteiger partial charge in [-0.15, -0.1) is 0 Å². The van der Waals surface area contributed by atoms with Crippen molar-refractivity contribution in [2.75, 3.05) is 24.4 Å². The summed E-state index contributed by atoms with van der Waals surface area (Å²) >= 11 is 11.3. The Kier molecular flexibility index (Phi) is 7.54. The van der Waals surface area contributed by atoms with Gasteiger partial charge in [0, 0.05) is 39.4 Å². The third kappa shape index (κ3) is 5.27. The van der Waals surface area contributed by atoms with E-state index >= 15 is 0 Å². The number of para-hydroxylation sites is 1. The molecule has 1 saturated heterocycles. The van der Waals surface area contributed by atoms with Gasteiger partial charge in [0.05, 0.1) is 19.9 Å². The Morgan fingerprint density at radius 3 is 2.52 bits per heavy atom. The lowest BCUT2D eigenvalue weighted by atomic mass is 10.1. The molecule has 2 heterocycles. The number of rotatable bonds is 7. The summed E-state index contributed by atoms with van der Waals surface area (Å²) in [5.41, 5.74) is 2.18. The molecule has 1 aromatic heterocycles. The smallest absolute Gasteiger partial charge is 0.270 e. The summed E-state index contributed by atoms with van der Waals surface area (Å²) in [4.78, 5) is 40.6. The second-order valence-corrected chi connectivity index (χ2v) is 9.60. The Morgan fingerprint density at radius 2 is 1.80 bits per heavy atom. The van der Waals surface area contributed by atoms with Gasteiger partial charge in [-0.05, 0) is 60.8 Å². The zero-order valence-corrected chi connectivity index (χ0v) is 23.0. The van der Waals surface area contributed by atoms with E-state index in [0.717, 1.165) is 10.9 Å². The summed E-state index contributed by atoms with van der Waals surface area (Å²) in [5, 5.41) is 6.69. The molecule has 3 aromatic carbocycles. The SMILES string of the molecule is COc1ccc(N2C(=O)/C(=C/c3cn(CC(=O)Nc4ccc(Cl)cc4)c4ccccc34)C(=O)NC2=S)c(OC)c1. The number of carbonyl (C=O) groups excluding carboxylic acids is 3. The zero-order valence-electron chi connectivity index (χ0n) is 21.4. The number of carbonyl (C=O) groups is 3. The van der Waals surface area contributed by atoms with Gasteiger partial charge >= 0.3 is 0 Å². The van der Waals surface area contributed by atoms with Gasteiger partial charge in [0.25, 0.3) is 11.8 Å². The molecule has 0 saturated carbocycles. The van der Waals surface area contributed by atoms with E-state index < -0.39 is 11.8 Å². The Labute approximate surface area is 239 Å². The Balaban J connectivity index is 1.49. The molecule has 11 heteroatoms. The average molecular weight is 575 g/mol. The molecule has 5 rings (SSSR count). The van der Waals surface area contributed by atoms with Crippen LogP contribution in [0.1, 0.15) is 5.56 Å². The number of aromatic nitrogens is 1. The summed E-state index contributed by atoms with van der Waals surface area (Å²) in [6, 6.07) is 19.1. The van der Waals surface area contributed by atoms with Crippen LogP contribution in [-0.4, -0.2) is 41.6 Å². The summed E-state index contributed by atoms with van der Waals surface area (Å²) in [7, 11) is 2.98. The van der Waals surface area contributed by atoms with Crippen LogP contribution in [0.5, 0.6) is 11.5 Å². The highest BCUT2D eigenvalue weighted by Crippen LogP contribution is 2.35. The molecule has 1 aliphatic heterocycles. The Hall–Kier alpha value is -4.67. The van der Waals surface area contributed by atoms with Crippen molar-refractivity contribution >= 4 is 75.0 Å². The molecular weight excluding hydrogens is 552 g/mol. The molecule has 0 radical (unpaired) electrons. The number of nitrogens with one attached hydrogen (secondary N) is 2. The summed E-state index contributed by atoms with van der Waals surface area (Å²) in [6.45, 7) is 0.00567. The van der Waals surface area contributed by atoms with Gasteiger partial charge < -0.3 is 19.4 Å². The number of anilines is 2. The van der Waals surface area contributed by atoms with Crippen LogP contribution in [0.4, 0.5) is 11.4 Å². The van der Waals surface area contributed by atoms with E-state index in [-0.39, 0.29) is 23.1 Å². The van der Waals surface area contributed by atoms with Gasteiger partial charge in [-0.3, -0.25) is 19.7 Å². The molecule has 1 fully saturated rings. The Bertz CT molecular complexity index is 1700. The third-order valence-electron chi connectivity index (χ3n) is 6.29. The molecule has 0 spiro atoms. The van der Waals surface area contributed by atoms with Crippen molar-refractivity contribution in [3.05, 3.63) is 89.1 Å². The van der Waals surface area contributed by atoms with Crippen LogP contribution in [-0.2, 0) is 20.9 Å². The molecule has 0 atom stereocenters. The van der Waals surface area contributed by atoms with Gasteiger partial charge in [-0.2, -0.15) is 0 Å². The van der Waals surface area contributed by atoms with Gasteiger partial charge in [-0.1, -0.05) is 29.8 Å². The molecule has 0 aliphatic carbocycles. The van der Waals surface area contributed by atoms with Crippen LogP contribution >= 0.6 is 23.8 Å². The lowest BCUT2D eigenvalue weighted by molar-refractivity contribution is -0.122. The molecule has 0 unspecified atom stereocenters. The normalized spacial score (nSPS) is 14.4. The van der Waals surface area contributed by atoms with Gasteiger partial charge in [0.15, 0.2) is 5.11 Å². The van der Waals surface area contributed by atoms with Crippen molar-refractivity contribution in [2.45, 2.75) is 6.54 Å². The van der Waals surface area contributed by atoms with E-state index in [1.807, 2.05) is 24.3 Å². The Morgan fingerprint density at radius 1 is 1.05 bits per heavy atom. The average Bonchev–Trinajstić information content (AvgIpc) is 3.29. The van der Waals surface area contributed by atoms with Crippen LogP contribution in [0.3, 0.4) is 0 Å². The number of amides is 3. The highest BCUT2D eigenvalue weighted by atomic mass is 35.5. The van der Waals surface area contributed by atoms with Crippen LogP contribution in [0, 0.1) is 0 Å². The topological polar surface area (TPSA) is 102 Å². The predicted octanol–water partition coefficient (Wildman–Crippen LogP) is 4.78. The lowest BCUT2D eigenvalue weighted by Gasteiger charge is -2.30. The number of methoxy groups -OCH3 is 2. The highest BCUT2D eigenvalue weighted by molar-refractivity contribution is 7.80. The number of hydrogen-bond acceptors (Lipinski definition) is 6. The summed E-state index contributed by atoms with van der Waals surface area (Å²) < 4.78 is 12.5. The van der Waals surface area contributed by atoms with E-state index in [9.17, 15) is 14.4 Å². The lowest BCUT2D eigenvalue weighted by Crippen LogP contribution is -2.54. The van der Waals surface area contributed by atoms with E-state index in [1.165, 1.54) is 25.2 Å². The van der Waals surface area contributed by atoms with E-state index in [2.05, 4.69) is 10.6 Å². The summed E-state index contributed by atoms with van der Waals surface area (Å²) in [5.74, 6) is -0.625. The van der Waals surface area contributed by atoms with Gasteiger partial charge in [0.2, 0.25) is 5.91 Å². The number of thiocarbonyl (C=S) groups is 1. The maximum Gasteiger partial charge on any atom is 0.270 e. The monoisotopic (exact) mass is 574 g/mol. The van der Waals surface area contributed by atoms with E-state index in [1.54, 1.807) is 53.2 Å². The first-order chi connectivity index (χ1) is 19.3. The fourth-order valence-electron chi connectivity index (χ4n) is 4.41. The molecule has 4 aromatic rings. The molecule has 9 nitrogen and oxygen atoms in total. The van der Waals surface area contributed by atoms with Crippen molar-refractivity contribution in [1.29, 1.82) is 0 Å². The van der Waals surface area contributed by atoms with Gasteiger partial charge in [0.1, 0.15) is 23.6 Å². The van der Waals surface area contributed by atoms with Crippen LogP contribution in [0.2, 0.25) is 5.02 Å². The second-order valence-electron chi connectivity index (χ2n) is 8.78. The van der Waals surface area contributed by atoms with Crippen molar-refractivity contribution in [1.82, 2.24) is 9.88 Å². The van der Waals surface area contributed by atoms with Crippen LogP contribution in [0.15, 0.2) is 78.5 Å². The quantitative estimate of drug-likeness (QED) is 0.187. The first kappa shape index (κ1) is 26.9. The first-order valence-electron chi connectivity index (χ1n) is 12.1. The maximum atomic E-state index is 13.7. The van der Waals surface area contributed by atoms with Crippen molar-refractivity contribution in [2.24, 2.45) is 0 Å². The largest absolute Gasteiger partial charge is 0.497 e. The highest BCUT2D eigenvalue weighted by Gasteiger charge is 2.36. The molecule has 2 N–H and O–H groups in total.